The molecule has 0 fully saturated rings. The van der Waals surface area contributed by atoms with Gasteiger partial charge in [0.2, 0.25) is 0 Å². The maximum absolute atomic E-state index is 9.90. The third-order valence-corrected chi connectivity index (χ3v) is 4.75. The molecule has 4 nitrogen and oxygen atoms in total. The number of hydrogen-bond donors (Lipinski definition) is 2. The van der Waals surface area contributed by atoms with E-state index in [0.29, 0.717) is 6.54 Å². The molecule has 5 heteroatoms. The molecule has 1 aromatic carbocycles. The zero-order valence-electron chi connectivity index (χ0n) is 13.7. The van der Waals surface area contributed by atoms with Crippen LogP contribution in [0.5, 0.6) is 0 Å². The Morgan fingerprint density at radius 1 is 1.23 bits per heavy atom. The van der Waals surface area contributed by atoms with Crippen LogP contribution in [0.1, 0.15) is 18.7 Å². The summed E-state index contributed by atoms with van der Waals surface area (Å²) >= 11 is 1.69. The van der Waals surface area contributed by atoms with Gasteiger partial charge in [-0.15, -0.1) is 0 Å². The Balaban J connectivity index is 2.15. The zero-order valence-corrected chi connectivity index (χ0v) is 14.5. The first-order valence-electron chi connectivity index (χ1n) is 7.60. The van der Waals surface area contributed by atoms with Crippen LogP contribution in [0.15, 0.2) is 30.3 Å². The number of anilines is 1. The molecule has 0 spiro atoms. The molecule has 0 aliphatic carbocycles. The highest BCUT2D eigenvalue weighted by molar-refractivity contribution is 7.16. The van der Waals surface area contributed by atoms with Gasteiger partial charge in [-0.2, -0.15) is 0 Å². The minimum absolute atomic E-state index is 0.264. The molecule has 0 aliphatic rings. The number of hydrogen-bond acceptors (Lipinski definition) is 5. The van der Waals surface area contributed by atoms with Crippen molar-refractivity contribution < 1.29 is 5.11 Å². The first kappa shape index (κ1) is 16.9. The summed E-state index contributed by atoms with van der Waals surface area (Å²) in [5, 5.41) is 14.2. The maximum Gasteiger partial charge on any atom is 0.185 e. The number of thiazole rings is 1. The second-order valence-electron chi connectivity index (χ2n) is 5.97. The van der Waals surface area contributed by atoms with Gasteiger partial charge in [-0.05, 0) is 5.92 Å². The van der Waals surface area contributed by atoms with Crippen LogP contribution in [-0.4, -0.2) is 36.8 Å². The van der Waals surface area contributed by atoms with Crippen LogP contribution in [0.2, 0.25) is 0 Å². The van der Waals surface area contributed by atoms with Crippen LogP contribution >= 0.6 is 11.3 Å². The fourth-order valence-electron chi connectivity index (χ4n) is 2.04. The number of nitrogens with zero attached hydrogens (tertiary/aromatic N) is 2. The third kappa shape index (κ3) is 4.29. The molecular weight excluding hydrogens is 294 g/mol. The van der Waals surface area contributed by atoms with E-state index in [1.165, 1.54) is 4.88 Å². The molecule has 0 radical (unpaired) electrons. The first-order chi connectivity index (χ1) is 10.5. The minimum atomic E-state index is -0.318. The normalized spacial score (nSPS) is 12.6. The fraction of sp³-hybridized carbons (Fsp3) is 0.471. The van der Waals surface area contributed by atoms with Crippen LogP contribution in [0.4, 0.5) is 5.13 Å². The summed E-state index contributed by atoms with van der Waals surface area (Å²) in [6.45, 7) is 5.37. The van der Waals surface area contributed by atoms with Crippen LogP contribution in [0, 0.1) is 5.92 Å². The first-order valence-corrected chi connectivity index (χ1v) is 8.42. The zero-order chi connectivity index (χ0) is 16.1. The highest BCUT2D eigenvalue weighted by Crippen LogP contribution is 2.32. The summed E-state index contributed by atoms with van der Waals surface area (Å²) in [7, 11) is 4.01. The van der Waals surface area contributed by atoms with Crippen molar-refractivity contribution in [3.8, 4) is 11.3 Å². The van der Waals surface area contributed by atoms with Gasteiger partial charge in [-0.25, -0.2) is 4.98 Å². The highest BCUT2D eigenvalue weighted by Gasteiger charge is 2.15. The molecule has 2 rings (SSSR count). The molecule has 1 aromatic heterocycles. The lowest BCUT2D eigenvalue weighted by atomic mass is 10.1. The molecular formula is C17H25N3OS. The Hall–Kier alpha value is -1.43. The van der Waals surface area contributed by atoms with E-state index in [1.807, 2.05) is 51.0 Å². The van der Waals surface area contributed by atoms with Crippen molar-refractivity contribution in [1.82, 2.24) is 10.3 Å². The number of aromatic nitrogens is 1. The fourth-order valence-corrected chi connectivity index (χ4v) is 3.02. The average molecular weight is 319 g/mol. The lowest BCUT2D eigenvalue weighted by molar-refractivity contribution is 0.123. The van der Waals surface area contributed by atoms with Crippen molar-refractivity contribution in [2.75, 3.05) is 25.5 Å². The number of aliphatic hydroxyl groups excluding tert-OH is 1. The molecule has 1 unspecified atom stereocenters. The van der Waals surface area contributed by atoms with Crippen molar-refractivity contribution >= 4 is 16.5 Å². The quantitative estimate of drug-likeness (QED) is 0.824. The SMILES string of the molecule is CC(C)C(O)CNCc1sc(N(C)C)nc1-c1ccccc1. The van der Waals surface area contributed by atoms with E-state index in [9.17, 15) is 5.11 Å². The maximum atomic E-state index is 9.90. The lowest BCUT2D eigenvalue weighted by Gasteiger charge is -2.14. The molecule has 2 aromatic rings. The average Bonchev–Trinajstić information content (AvgIpc) is 2.92. The number of aliphatic hydroxyl groups is 1. The molecule has 0 amide bonds. The lowest BCUT2D eigenvalue weighted by Crippen LogP contribution is -2.30. The van der Waals surface area contributed by atoms with Gasteiger partial charge >= 0.3 is 0 Å². The van der Waals surface area contributed by atoms with Crippen molar-refractivity contribution in [2.45, 2.75) is 26.5 Å². The van der Waals surface area contributed by atoms with Gasteiger partial charge in [0.15, 0.2) is 5.13 Å². The Morgan fingerprint density at radius 3 is 2.50 bits per heavy atom. The Labute approximate surface area is 136 Å². The van der Waals surface area contributed by atoms with Crippen molar-refractivity contribution in [1.29, 1.82) is 0 Å². The van der Waals surface area contributed by atoms with Crippen molar-refractivity contribution in [2.24, 2.45) is 5.92 Å². The Bertz CT molecular complexity index is 581. The van der Waals surface area contributed by atoms with E-state index in [0.717, 1.165) is 22.9 Å². The number of benzene rings is 1. The molecule has 1 atom stereocenters. The molecule has 0 saturated carbocycles. The smallest absolute Gasteiger partial charge is 0.185 e. The van der Waals surface area contributed by atoms with Gasteiger partial charge in [0.25, 0.3) is 0 Å². The molecule has 0 saturated heterocycles. The Morgan fingerprint density at radius 2 is 1.91 bits per heavy atom. The van der Waals surface area contributed by atoms with Crippen LogP contribution in [0.25, 0.3) is 11.3 Å². The van der Waals surface area contributed by atoms with E-state index in [2.05, 4.69) is 17.4 Å². The standard InChI is InChI=1S/C17H25N3OS/c1-12(2)14(21)10-18-11-15-16(13-8-6-5-7-9-13)19-17(22-15)20(3)4/h5-9,12,14,18,21H,10-11H2,1-4H3. The summed E-state index contributed by atoms with van der Waals surface area (Å²) in [6, 6.07) is 10.2. The van der Waals surface area contributed by atoms with Gasteiger partial charge < -0.3 is 15.3 Å². The largest absolute Gasteiger partial charge is 0.392 e. The molecule has 1 heterocycles. The number of nitrogens with one attached hydrogen (secondary N) is 1. The summed E-state index contributed by atoms with van der Waals surface area (Å²) in [5.74, 6) is 0.264. The number of rotatable bonds is 7. The van der Waals surface area contributed by atoms with Gasteiger partial charge in [0.05, 0.1) is 11.8 Å². The van der Waals surface area contributed by atoms with E-state index < -0.39 is 0 Å². The molecule has 2 N–H and O–H groups in total. The predicted molar refractivity (Wildman–Crippen MR) is 94.4 cm³/mol. The summed E-state index contributed by atoms with van der Waals surface area (Å²) in [6.07, 6.45) is -0.318. The summed E-state index contributed by atoms with van der Waals surface area (Å²) < 4.78 is 0. The van der Waals surface area contributed by atoms with E-state index in [1.54, 1.807) is 11.3 Å². The second-order valence-corrected chi connectivity index (χ2v) is 7.03. The molecule has 22 heavy (non-hydrogen) atoms. The van der Waals surface area contributed by atoms with Crippen LogP contribution in [-0.2, 0) is 6.54 Å². The second kappa shape index (κ2) is 7.72. The Kier molecular flexibility index (Phi) is 5.94. The van der Waals surface area contributed by atoms with Crippen molar-refractivity contribution in [3.05, 3.63) is 35.2 Å². The van der Waals surface area contributed by atoms with E-state index in [-0.39, 0.29) is 12.0 Å². The van der Waals surface area contributed by atoms with Gasteiger partial charge in [0, 0.05) is 37.6 Å². The van der Waals surface area contributed by atoms with Gasteiger partial charge in [-0.1, -0.05) is 55.5 Å². The molecule has 0 aliphatic heterocycles. The topological polar surface area (TPSA) is 48.4 Å². The predicted octanol–water partition coefficient (Wildman–Crippen LogP) is 2.98. The van der Waals surface area contributed by atoms with Crippen LogP contribution in [0.3, 0.4) is 0 Å². The minimum Gasteiger partial charge on any atom is -0.392 e. The van der Waals surface area contributed by atoms with Crippen LogP contribution < -0.4 is 10.2 Å². The van der Waals surface area contributed by atoms with Gasteiger partial charge in [0.1, 0.15) is 0 Å². The van der Waals surface area contributed by atoms with E-state index in [4.69, 9.17) is 4.98 Å². The highest BCUT2D eigenvalue weighted by atomic mass is 32.1. The third-order valence-electron chi connectivity index (χ3n) is 3.52. The van der Waals surface area contributed by atoms with Crippen molar-refractivity contribution in [3.63, 3.8) is 0 Å². The van der Waals surface area contributed by atoms with E-state index >= 15 is 0 Å². The molecule has 0 bridgehead atoms. The summed E-state index contributed by atoms with van der Waals surface area (Å²) in [4.78, 5) is 7.99. The monoisotopic (exact) mass is 319 g/mol. The molecule has 120 valence electrons. The summed E-state index contributed by atoms with van der Waals surface area (Å²) in [5.41, 5.74) is 2.16. The van der Waals surface area contributed by atoms with Gasteiger partial charge in [-0.3, -0.25) is 0 Å².